The second-order valence-corrected chi connectivity index (χ2v) is 9.61. The van der Waals surface area contributed by atoms with Crippen LogP contribution in [0.4, 0.5) is 0 Å². The van der Waals surface area contributed by atoms with Crippen molar-refractivity contribution in [1.82, 2.24) is 15.1 Å². The first-order chi connectivity index (χ1) is 16.1. The predicted molar refractivity (Wildman–Crippen MR) is 123 cm³/mol. The number of ether oxygens (including phenoxy) is 2. The quantitative estimate of drug-likeness (QED) is 0.728. The van der Waals surface area contributed by atoms with Crippen LogP contribution in [0.2, 0.25) is 0 Å². The zero-order valence-corrected chi connectivity index (χ0v) is 19.1. The number of hydrogen-bond donors (Lipinski definition) is 1. The van der Waals surface area contributed by atoms with Gasteiger partial charge >= 0.3 is 0 Å². The van der Waals surface area contributed by atoms with Crippen LogP contribution < -0.4 is 14.8 Å². The van der Waals surface area contributed by atoms with Crippen molar-refractivity contribution in [3.8, 4) is 11.5 Å². The van der Waals surface area contributed by atoms with E-state index in [-0.39, 0.29) is 30.4 Å². The molecule has 2 fully saturated rings. The average Bonchev–Trinajstić information content (AvgIpc) is 3.63. The summed E-state index contributed by atoms with van der Waals surface area (Å²) in [7, 11) is 0. The molecule has 4 heterocycles. The Bertz CT molecular complexity index is 1030. The fraction of sp³-hybridized carbons (Fsp3) is 0.458. The van der Waals surface area contributed by atoms with Crippen LogP contribution in [0.1, 0.15) is 45.7 Å². The molecule has 0 saturated carbocycles. The van der Waals surface area contributed by atoms with Crippen LogP contribution in [0.25, 0.3) is 0 Å². The number of fused-ring (bicyclic) bond motifs is 1. The fourth-order valence-electron chi connectivity index (χ4n) is 4.78. The third-order valence-electron chi connectivity index (χ3n) is 6.63. The first-order valence-electron chi connectivity index (χ1n) is 11.4. The van der Waals surface area contributed by atoms with Crippen molar-refractivity contribution < 1.29 is 23.9 Å². The topological polar surface area (TPSA) is 88.2 Å². The largest absolute Gasteiger partial charge is 0.454 e. The Morgan fingerprint density at radius 2 is 1.73 bits per heavy atom. The van der Waals surface area contributed by atoms with Crippen molar-refractivity contribution in [3.63, 3.8) is 0 Å². The van der Waals surface area contributed by atoms with Gasteiger partial charge in [-0.25, -0.2) is 0 Å². The Morgan fingerprint density at radius 1 is 0.970 bits per heavy atom. The molecule has 0 unspecified atom stereocenters. The predicted octanol–water partition coefficient (Wildman–Crippen LogP) is 2.75. The van der Waals surface area contributed by atoms with E-state index in [0.29, 0.717) is 47.9 Å². The minimum Gasteiger partial charge on any atom is -0.454 e. The summed E-state index contributed by atoms with van der Waals surface area (Å²) in [5, 5.41) is 4.87. The number of hydrogen-bond acceptors (Lipinski definition) is 6. The molecule has 1 aromatic carbocycles. The van der Waals surface area contributed by atoms with E-state index in [2.05, 4.69) is 5.32 Å². The summed E-state index contributed by atoms with van der Waals surface area (Å²) < 4.78 is 10.7. The van der Waals surface area contributed by atoms with Crippen molar-refractivity contribution in [1.29, 1.82) is 0 Å². The maximum atomic E-state index is 13.3. The number of thiophene rings is 1. The van der Waals surface area contributed by atoms with Gasteiger partial charge < -0.3 is 24.6 Å². The molecule has 5 rings (SSSR count). The van der Waals surface area contributed by atoms with Gasteiger partial charge in [0, 0.05) is 31.7 Å². The number of rotatable bonds is 5. The van der Waals surface area contributed by atoms with E-state index in [1.54, 1.807) is 24.3 Å². The van der Waals surface area contributed by atoms with Crippen LogP contribution in [0, 0.1) is 5.92 Å². The van der Waals surface area contributed by atoms with Crippen molar-refractivity contribution in [2.45, 2.75) is 31.7 Å². The maximum Gasteiger partial charge on any atom is 0.262 e. The molecule has 0 aliphatic carbocycles. The molecular formula is C24H27N3O5S. The molecule has 1 atom stereocenters. The minimum absolute atomic E-state index is 0.00189. The molecule has 3 amide bonds. The molecule has 0 radical (unpaired) electrons. The zero-order valence-electron chi connectivity index (χ0n) is 18.3. The highest BCUT2D eigenvalue weighted by molar-refractivity contribution is 7.12. The lowest BCUT2D eigenvalue weighted by Gasteiger charge is -2.37. The number of nitrogens with one attached hydrogen (secondary N) is 1. The Hall–Kier alpha value is -3.07. The van der Waals surface area contributed by atoms with Gasteiger partial charge in [-0.2, -0.15) is 0 Å². The van der Waals surface area contributed by atoms with Crippen LogP contribution in [0.15, 0.2) is 35.7 Å². The highest BCUT2D eigenvalue weighted by Crippen LogP contribution is 2.33. The minimum atomic E-state index is -0.569. The van der Waals surface area contributed by atoms with Gasteiger partial charge in [-0.15, -0.1) is 11.3 Å². The van der Waals surface area contributed by atoms with Gasteiger partial charge in [0.2, 0.25) is 12.7 Å². The van der Waals surface area contributed by atoms with Crippen molar-refractivity contribution in [2.24, 2.45) is 5.92 Å². The standard InChI is InChI=1S/C24H27N3O5S/c28-22(20-4-3-13-33-20)25-21(24(30)26-9-1-2-10-26)16-7-11-27(12-8-16)23(29)17-5-6-18-19(14-17)32-15-31-18/h3-6,13-14,16,21H,1-2,7-12,15H2,(H,25,28)/t21-/m0/s1. The van der Waals surface area contributed by atoms with Gasteiger partial charge in [-0.3, -0.25) is 14.4 Å². The lowest BCUT2D eigenvalue weighted by atomic mass is 9.88. The van der Waals surface area contributed by atoms with Crippen molar-refractivity contribution in [3.05, 3.63) is 46.2 Å². The van der Waals surface area contributed by atoms with Gasteiger partial charge in [-0.05, 0) is 61.2 Å². The van der Waals surface area contributed by atoms with Crippen molar-refractivity contribution >= 4 is 29.1 Å². The van der Waals surface area contributed by atoms with E-state index in [4.69, 9.17) is 9.47 Å². The average molecular weight is 470 g/mol. The molecule has 3 aliphatic heterocycles. The number of piperidine rings is 1. The highest BCUT2D eigenvalue weighted by Gasteiger charge is 2.37. The molecule has 9 heteroatoms. The number of amides is 3. The summed E-state index contributed by atoms with van der Waals surface area (Å²) in [5.41, 5.74) is 0.563. The van der Waals surface area contributed by atoms with E-state index in [9.17, 15) is 14.4 Å². The first-order valence-corrected chi connectivity index (χ1v) is 12.3. The first kappa shape index (κ1) is 21.8. The third-order valence-corrected chi connectivity index (χ3v) is 7.50. The second-order valence-electron chi connectivity index (χ2n) is 8.66. The zero-order chi connectivity index (χ0) is 22.8. The summed E-state index contributed by atoms with van der Waals surface area (Å²) in [6.07, 6.45) is 3.32. The molecule has 1 N–H and O–H groups in total. The summed E-state index contributed by atoms with van der Waals surface area (Å²) in [6, 6.07) is 8.26. The number of carbonyl (C=O) groups excluding carboxylic acids is 3. The molecule has 33 heavy (non-hydrogen) atoms. The van der Waals surface area contributed by atoms with E-state index in [1.807, 2.05) is 21.2 Å². The van der Waals surface area contributed by atoms with Crippen LogP contribution in [0.3, 0.4) is 0 Å². The normalized spacial score (nSPS) is 18.9. The van der Waals surface area contributed by atoms with E-state index >= 15 is 0 Å². The molecule has 8 nitrogen and oxygen atoms in total. The van der Waals surface area contributed by atoms with Crippen LogP contribution in [-0.4, -0.2) is 66.5 Å². The Kier molecular flexibility index (Phi) is 6.22. The molecule has 1 aromatic heterocycles. The maximum absolute atomic E-state index is 13.3. The Balaban J connectivity index is 1.26. The second kappa shape index (κ2) is 9.43. The molecule has 174 valence electrons. The van der Waals surface area contributed by atoms with Crippen LogP contribution >= 0.6 is 11.3 Å². The summed E-state index contributed by atoms with van der Waals surface area (Å²) in [6.45, 7) is 2.73. The van der Waals surface area contributed by atoms with Gasteiger partial charge in [0.05, 0.1) is 4.88 Å². The van der Waals surface area contributed by atoms with Crippen LogP contribution in [0.5, 0.6) is 11.5 Å². The molecular weight excluding hydrogens is 442 g/mol. The van der Waals surface area contributed by atoms with E-state index < -0.39 is 6.04 Å². The lowest BCUT2D eigenvalue weighted by Crippen LogP contribution is -2.54. The van der Waals surface area contributed by atoms with E-state index in [1.165, 1.54) is 11.3 Å². The summed E-state index contributed by atoms with van der Waals surface area (Å²) in [5.74, 6) is 0.956. The molecule has 3 aliphatic rings. The van der Waals surface area contributed by atoms with Gasteiger partial charge in [0.15, 0.2) is 11.5 Å². The van der Waals surface area contributed by atoms with Gasteiger partial charge in [-0.1, -0.05) is 6.07 Å². The van der Waals surface area contributed by atoms with Crippen LogP contribution in [-0.2, 0) is 4.79 Å². The number of benzene rings is 1. The monoisotopic (exact) mass is 469 g/mol. The molecule has 0 bridgehead atoms. The highest BCUT2D eigenvalue weighted by atomic mass is 32.1. The molecule has 2 aromatic rings. The Labute approximate surface area is 196 Å². The Morgan fingerprint density at radius 3 is 2.45 bits per heavy atom. The SMILES string of the molecule is O=C(N[C@H](C(=O)N1CCCC1)C1CCN(C(=O)c2ccc3c(c2)OCO3)CC1)c1cccs1. The van der Waals surface area contributed by atoms with Gasteiger partial charge in [0.25, 0.3) is 11.8 Å². The molecule has 2 saturated heterocycles. The number of likely N-dealkylation sites (tertiary alicyclic amines) is 2. The van der Waals surface area contributed by atoms with E-state index in [0.717, 1.165) is 25.9 Å². The smallest absolute Gasteiger partial charge is 0.262 e. The number of nitrogens with zero attached hydrogens (tertiary/aromatic N) is 2. The van der Waals surface area contributed by atoms with Gasteiger partial charge in [0.1, 0.15) is 6.04 Å². The summed E-state index contributed by atoms with van der Waals surface area (Å²) in [4.78, 5) is 43.4. The molecule has 0 spiro atoms. The number of carbonyl (C=O) groups is 3. The lowest BCUT2D eigenvalue weighted by molar-refractivity contribution is -0.134. The summed E-state index contributed by atoms with van der Waals surface area (Å²) >= 11 is 1.36. The fourth-order valence-corrected chi connectivity index (χ4v) is 5.41. The third kappa shape index (κ3) is 4.55. The van der Waals surface area contributed by atoms with Crippen molar-refractivity contribution in [2.75, 3.05) is 33.0 Å².